The normalized spacial score (nSPS) is 23.6. The lowest BCUT2D eigenvalue weighted by molar-refractivity contribution is -0.0101. The van der Waals surface area contributed by atoms with Crippen LogP contribution in [-0.2, 0) is 25.6 Å². The van der Waals surface area contributed by atoms with Gasteiger partial charge in [0.1, 0.15) is 6.61 Å². The van der Waals surface area contributed by atoms with Crippen LogP contribution in [0, 0.1) is 0 Å². The number of nitrogens with zero attached hydrogens (tertiary/aromatic N) is 2. The highest BCUT2D eigenvalue weighted by Crippen LogP contribution is 2.37. The second-order valence-electron chi connectivity index (χ2n) is 6.46. The summed E-state index contributed by atoms with van der Waals surface area (Å²) in [5, 5.41) is 0. The summed E-state index contributed by atoms with van der Waals surface area (Å²) in [5.74, 6) is 0. The monoisotopic (exact) mass is 402 g/mol. The molecule has 0 N–H and O–H groups in total. The molecule has 7 nitrogen and oxygen atoms in total. The highest BCUT2D eigenvalue weighted by atomic mass is 32.2. The van der Waals surface area contributed by atoms with E-state index in [0.29, 0.717) is 24.9 Å². The van der Waals surface area contributed by atoms with E-state index in [1.54, 1.807) is 42.7 Å². The first-order valence-electron chi connectivity index (χ1n) is 8.57. The molecule has 3 aliphatic heterocycles. The molecule has 1 amide bonds. The molecule has 1 fully saturated rings. The van der Waals surface area contributed by atoms with Gasteiger partial charge in [0.15, 0.2) is 5.72 Å². The Kier molecular flexibility index (Phi) is 5.53. The van der Waals surface area contributed by atoms with Gasteiger partial charge in [-0.15, -0.1) is 0 Å². The Morgan fingerprint density at radius 3 is 2.68 bits per heavy atom. The van der Waals surface area contributed by atoms with Gasteiger partial charge in [0, 0.05) is 25.4 Å². The van der Waals surface area contributed by atoms with Crippen LogP contribution in [0.5, 0.6) is 0 Å². The minimum atomic E-state index is -4.08. The van der Waals surface area contributed by atoms with Crippen LogP contribution in [0.2, 0.25) is 0 Å². The van der Waals surface area contributed by atoms with Crippen LogP contribution < -0.4 is 0 Å². The van der Waals surface area contributed by atoms with Crippen molar-refractivity contribution in [2.75, 3.05) is 6.54 Å². The molecule has 8 heteroatoms. The van der Waals surface area contributed by atoms with Crippen molar-refractivity contribution in [2.45, 2.75) is 37.5 Å². The molecule has 1 aromatic carbocycles. The standard InChI is InChI=1S/C19H18N2O5S.CH4/c22-18-21-12-2-9-19(21,10-8-15-3-1-11-20-13-15)26-27(23,24)17-6-4-16(5-7-17)14-25-18;/h1,3-8,10-11,13H,2,9,12,14H2;1H4/t19-;/m0./s1. The van der Waals surface area contributed by atoms with E-state index in [4.69, 9.17) is 8.92 Å². The Labute approximate surface area is 164 Å². The van der Waals surface area contributed by atoms with Crippen molar-refractivity contribution in [3.8, 4) is 0 Å². The second kappa shape index (κ2) is 7.73. The first kappa shape index (κ1) is 20.0. The molecule has 2 bridgehead atoms. The number of hydrogen-bond donors (Lipinski definition) is 0. The van der Waals surface area contributed by atoms with Crippen LogP contribution in [0.25, 0.3) is 6.08 Å². The number of aromatic nitrogens is 1. The van der Waals surface area contributed by atoms with Gasteiger partial charge in [0.05, 0.1) is 4.90 Å². The van der Waals surface area contributed by atoms with Crippen molar-refractivity contribution in [1.82, 2.24) is 9.88 Å². The van der Waals surface area contributed by atoms with Crippen LogP contribution in [-0.4, -0.2) is 36.7 Å². The minimum absolute atomic E-state index is 0. The van der Waals surface area contributed by atoms with Crippen molar-refractivity contribution >= 4 is 22.3 Å². The van der Waals surface area contributed by atoms with E-state index in [1.165, 1.54) is 17.0 Å². The van der Waals surface area contributed by atoms with Crippen LogP contribution in [0.3, 0.4) is 0 Å². The molecule has 1 atom stereocenters. The fourth-order valence-electron chi connectivity index (χ4n) is 3.26. The number of benzene rings is 1. The van der Waals surface area contributed by atoms with E-state index in [2.05, 4.69) is 4.98 Å². The summed E-state index contributed by atoms with van der Waals surface area (Å²) in [6, 6.07) is 9.74. The van der Waals surface area contributed by atoms with E-state index < -0.39 is 21.9 Å². The van der Waals surface area contributed by atoms with Gasteiger partial charge in [-0.05, 0) is 41.8 Å². The predicted octanol–water partition coefficient (Wildman–Crippen LogP) is 3.58. The summed E-state index contributed by atoms with van der Waals surface area (Å²) in [6.45, 7) is 0.412. The van der Waals surface area contributed by atoms with Crippen molar-refractivity contribution in [1.29, 1.82) is 0 Å². The summed E-state index contributed by atoms with van der Waals surface area (Å²) in [5.41, 5.74) is 0.0410. The second-order valence-corrected chi connectivity index (χ2v) is 8.00. The molecule has 0 saturated carbocycles. The van der Waals surface area contributed by atoms with Crippen LogP contribution in [0.15, 0.2) is 59.8 Å². The number of carbonyl (C=O) groups excluding carboxylic acids is 1. The average Bonchev–Trinajstić information content (AvgIpc) is 3.08. The minimum Gasteiger partial charge on any atom is -0.444 e. The van der Waals surface area contributed by atoms with E-state index in [9.17, 15) is 13.2 Å². The largest absolute Gasteiger partial charge is 0.444 e. The van der Waals surface area contributed by atoms with Crippen LogP contribution in [0.1, 0.15) is 31.4 Å². The van der Waals surface area contributed by atoms with Gasteiger partial charge >= 0.3 is 6.09 Å². The zero-order valence-corrected chi connectivity index (χ0v) is 15.3. The van der Waals surface area contributed by atoms with E-state index in [1.807, 2.05) is 6.07 Å². The van der Waals surface area contributed by atoms with Gasteiger partial charge in [0.25, 0.3) is 10.1 Å². The lowest BCUT2D eigenvalue weighted by Gasteiger charge is -2.34. The maximum absolute atomic E-state index is 12.9. The number of carbonyl (C=O) groups is 1. The summed E-state index contributed by atoms with van der Waals surface area (Å²) in [7, 11) is -4.08. The molecule has 1 aromatic heterocycles. The molecule has 0 unspecified atom stereocenters. The molecule has 148 valence electrons. The number of pyridine rings is 1. The molecule has 4 heterocycles. The summed E-state index contributed by atoms with van der Waals surface area (Å²) >= 11 is 0. The number of ether oxygens (including phenoxy) is 1. The van der Waals surface area contributed by atoms with Gasteiger partial charge in [-0.1, -0.05) is 31.7 Å². The summed E-state index contributed by atoms with van der Waals surface area (Å²) in [4.78, 5) is 18.1. The highest BCUT2D eigenvalue weighted by Gasteiger charge is 2.47. The Bertz CT molecular complexity index is 973. The molecular formula is C20H22N2O5S. The first-order chi connectivity index (χ1) is 13.0. The van der Waals surface area contributed by atoms with Gasteiger partial charge in [0.2, 0.25) is 0 Å². The third-order valence-electron chi connectivity index (χ3n) is 4.64. The third-order valence-corrected chi connectivity index (χ3v) is 6.00. The van der Waals surface area contributed by atoms with E-state index in [0.717, 1.165) is 5.56 Å². The lowest BCUT2D eigenvalue weighted by Crippen LogP contribution is -2.49. The SMILES string of the molecule is C.O=C1OCc2ccc(cc2)S(=O)(=O)O[C@]2(C=Cc3cccnc3)CCCN12. The van der Waals surface area contributed by atoms with Crippen LogP contribution in [0.4, 0.5) is 4.79 Å². The molecular weight excluding hydrogens is 380 g/mol. The third kappa shape index (κ3) is 3.79. The zero-order valence-electron chi connectivity index (χ0n) is 14.4. The smallest absolute Gasteiger partial charge is 0.412 e. The van der Waals surface area contributed by atoms with Crippen molar-refractivity contribution in [3.05, 3.63) is 66.0 Å². The molecule has 0 aliphatic carbocycles. The quantitative estimate of drug-likeness (QED) is 0.714. The summed E-state index contributed by atoms with van der Waals surface area (Å²) < 4.78 is 36.7. The molecule has 28 heavy (non-hydrogen) atoms. The molecule has 2 aromatic rings. The first-order valence-corrected chi connectivity index (χ1v) is 9.98. The molecule has 0 radical (unpaired) electrons. The maximum Gasteiger partial charge on any atom is 0.412 e. The predicted molar refractivity (Wildman–Crippen MR) is 104 cm³/mol. The van der Waals surface area contributed by atoms with Crippen LogP contribution >= 0.6 is 0 Å². The van der Waals surface area contributed by atoms with Crippen molar-refractivity contribution in [2.24, 2.45) is 0 Å². The topological polar surface area (TPSA) is 85.8 Å². The van der Waals surface area contributed by atoms with E-state index in [-0.39, 0.29) is 18.9 Å². The zero-order chi connectivity index (χ0) is 18.9. The van der Waals surface area contributed by atoms with Gasteiger partial charge in [-0.3, -0.25) is 9.88 Å². The number of fused-ring (bicyclic) bond motifs is 5. The average molecular weight is 402 g/mol. The molecule has 0 spiro atoms. The van der Waals surface area contributed by atoms with Crippen molar-refractivity contribution < 1.29 is 22.1 Å². The Morgan fingerprint density at radius 2 is 1.96 bits per heavy atom. The highest BCUT2D eigenvalue weighted by molar-refractivity contribution is 7.86. The fraction of sp³-hybridized carbons (Fsp3) is 0.300. The Morgan fingerprint density at radius 1 is 1.18 bits per heavy atom. The Hall–Kier alpha value is -2.71. The molecule has 5 rings (SSSR count). The van der Waals surface area contributed by atoms with Gasteiger partial charge < -0.3 is 4.74 Å². The number of amides is 1. The van der Waals surface area contributed by atoms with Crippen molar-refractivity contribution in [3.63, 3.8) is 0 Å². The lowest BCUT2D eigenvalue weighted by atomic mass is 10.1. The van der Waals surface area contributed by atoms with E-state index >= 15 is 0 Å². The Balaban J connectivity index is 0.00000225. The number of hydrogen-bond acceptors (Lipinski definition) is 6. The number of rotatable bonds is 2. The van der Waals surface area contributed by atoms with Gasteiger partial charge in [-0.25, -0.2) is 8.98 Å². The fourth-order valence-corrected chi connectivity index (χ4v) is 4.44. The van der Waals surface area contributed by atoms with Gasteiger partial charge in [-0.2, -0.15) is 8.42 Å². The maximum atomic E-state index is 12.9. The summed E-state index contributed by atoms with van der Waals surface area (Å²) in [6.07, 6.45) is 6.92. The molecule has 3 aliphatic rings. The molecule has 1 saturated heterocycles.